The van der Waals surface area contributed by atoms with Gasteiger partial charge in [-0.25, -0.2) is 0 Å². The van der Waals surface area contributed by atoms with E-state index in [0.29, 0.717) is 12.2 Å². The minimum absolute atomic E-state index is 0. The van der Waals surface area contributed by atoms with Crippen LogP contribution in [0.5, 0.6) is 0 Å². The largest absolute Gasteiger partial charge is 0.315 e. The molecular formula is C21H34NOY+. The number of ketones is 1. The number of likely N-dealkylation sites (tertiary alicyclic amines) is 1. The van der Waals surface area contributed by atoms with Gasteiger partial charge in [0.1, 0.15) is 6.04 Å². The molecule has 0 aromatic heterocycles. The Morgan fingerprint density at radius 3 is 2.17 bits per heavy atom. The van der Waals surface area contributed by atoms with Crippen molar-refractivity contribution in [2.45, 2.75) is 72.3 Å². The van der Waals surface area contributed by atoms with Gasteiger partial charge in [-0.05, 0) is 56.7 Å². The van der Waals surface area contributed by atoms with Crippen LogP contribution in [0.2, 0.25) is 0 Å². The molecule has 1 saturated heterocycles. The Labute approximate surface area is 173 Å². The Bertz CT molecular complexity index is 514. The molecule has 1 fully saturated rings. The Morgan fingerprint density at radius 1 is 1.08 bits per heavy atom. The molecule has 1 atom stereocenters. The Kier molecular flexibility index (Phi) is 9.34. The summed E-state index contributed by atoms with van der Waals surface area (Å²) < 4.78 is 1.04. The molecule has 0 amide bonds. The summed E-state index contributed by atoms with van der Waals surface area (Å²) in [6, 6.07) is 6.56. The molecule has 0 saturated carbocycles. The molecular weight excluding hydrogens is 371 g/mol. The first-order valence-electron chi connectivity index (χ1n) is 9.47. The smallest absolute Gasteiger partial charge is 0.194 e. The van der Waals surface area contributed by atoms with E-state index in [1.54, 1.807) is 0 Å². The molecule has 131 valence electrons. The summed E-state index contributed by atoms with van der Waals surface area (Å²) in [6.45, 7) is 12.3. The van der Waals surface area contributed by atoms with Crippen LogP contribution in [0.3, 0.4) is 0 Å². The molecule has 1 unspecified atom stereocenters. The van der Waals surface area contributed by atoms with Crippen LogP contribution in [0.15, 0.2) is 18.2 Å². The van der Waals surface area contributed by atoms with E-state index in [1.165, 1.54) is 49.0 Å². The fourth-order valence-electron chi connectivity index (χ4n) is 4.42. The van der Waals surface area contributed by atoms with Gasteiger partial charge >= 0.3 is 0 Å². The maximum Gasteiger partial charge on any atom is 0.194 e. The van der Waals surface area contributed by atoms with E-state index in [9.17, 15) is 4.79 Å². The van der Waals surface area contributed by atoms with Gasteiger partial charge in [0.05, 0.1) is 19.6 Å². The zero-order valence-electron chi connectivity index (χ0n) is 16.1. The number of likely N-dealkylation sites (N-methyl/N-ethyl adjacent to an activating group) is 1. The number of carbonyl (C=O) groups is 1. The van der Waals surface area contributed by atoms with E-state index >= 15 is 0 Å². The number of hydrogen-bond acceptors (Lipinski definition) is 1. The van der Waals surface area contributed by atoms with Gasteiger partial charge < -0.3 is 4.48 Å². The predicted molar refractivity (Wildman–Crippen MR) is 97.7 cm³/mol. The number of piperidine rings is 1. The zero-order chi connectivity index (χ0) is 16.9. The van der Waals surface area contributed by atoms with E-state index in [1.807, 2.05) is 0 Å². The molecule has 1 heterocycles. The van der Waals surface area contributed by atoms with Crippen LogP contribution in [0.1, 0.15) is 62.6 Å². The van der Waals surface area contributed by atoms with Gasteiger partial charge in [-0.1, -0.05) is 31.5 Å². The maximum absolute atomic E-state index is 13.3. The van der Waals surface area contributed by atoms with Crippen molar-refractivity contribution < 1.29 is 42.0 Å². The van der Waals surface area contributed by atoms with E-state index < -0.39 is 0 Å². The van der Waals surface area contributed by atoms with Crippen LogP contribution < -0.4 is 0 Å². The second kappa shape index (κ2) is 10.2. The maximum atomic E-state index is 13.3. The normalized spacial score (nSPS) is 17.8. The van der Waals surface area contributed by atoms with Gasteiger partial charge in [0.25, 0.3) is 0 Å². The summed E-state index contributed by atoms with van der Waals surface area (Å²) in [5.74, 6) is 0.466. The van der Waals surface area contributed by atoms with Crippen LogP contribution >= 0.6 is 0 Å². The van der Waals surface area contributed by atoms with Gasteiger partial charge in [-0.3, -0.25) is 4.79 Å². The molecule has 1 aliphatic rings. The topological polar surface area (TPSA) is 17.1 Å². The number of nitrogens with zero attached hydrogens (tertiary/aromatic N) is 1. The molecule has 1 aromatic carbocycles. The van der Waals surface area contributed by atoms with Crippen LogP contribution in [-0.2, 0) is 43.9 Å². The number of quaternary nitrogens is 1. The molecule has 3 heteroatoms. The Hall–Kier alpha value is -0.0461. The first-order chi connectivity index (χ1) is 11.0. The molecule has 0 bridgehead atoms. The quantitative estimate of drug-likeness (QED) is 0.606. The molecule has 0 aliphatic carbocycles. The van der Waals surface area contributed by atoms with Crippen molar-refractivity contribution in [1.29, 1.82) is 0 Å². The summed E-state index contributed by atoms with van der Waals surface area (Å²) in [7, 11) is 0. The van der Waals surface area contributed by atoms with Crippen LogP contribution in [0.25, 0.3) is 0 Å². The van der Waals surface area contributed by atoms with Crippen LogP contribution in [0, 0.1) is 13.8 Å². The monoisotopic (exact) mass is 405 g/mol. The third-order valence-corrected chi connectivity index (χ3v) is 5.93. The van der Waals surface area contributed by atoms with E-state index in [2.05, 4.69) is 45.9 Å². The van der Waals surface area contributed by atoms with Crippen molar-refractivity contribution in [1.82, 2.24) is 0 Å². The molecule has 2 nitrogen and oxygen atoms in total. The van der Waals surface area contributed by atoms with Gasteiger partial charge in [-0.15, -0.1) is 0 Å². The van der Waals surface area contributed by atoms with Crippen LogP contribution in [0.4, 0.5) is 0 Å². The zero-order valence-corrected chi connectivity index (χ0v) is 18.9. The van der Waals surface area contributed by atoms with Crippen molar-refractivity contribution in [3.8, 4) is 0 Å². The number of aryl methyl sites for hydroxylation is 2. The molecule has 24 heavy (non-hydrogen) atoms. The summed E-state index contributed by atoms with van der Waals surface area (Å²) in [6.07, 6.45) is 6.66. The predicted octanol–water partition coefficient (Wildman–Crippen LogP) is 4.60. The third-order valence-electron chi connectivity index (χ3n) is 5.93. The fraction of sp³-hybridized carbons (Fsp3) is 0.667. The molecule has 1 radical (unpaired) electrons. The van der Waals surface area contributed by atoms with Gasteiger partial charge in [-0.2, -0.15) is 0 Å². The average Bonchev–Trinajstić information content (AvgIpc) is 2.56. The average molecular weight is 405 g/mol. The van der Waals surface area contributed by atoms with Crippen molar-refractivity contribution >= 4 is 5.78 Å². The summed E-state index contributed by atoms with van der Waals surface area (Å²) in [4.78, 5) is 13.3. The molecule has 1 aliphatic heterocycles. The number of hydrogen-bond donors (Lipinski definition) is 0. The second-order valence-corrected chi connectivity index (χ2v) is 7.36. The van der Waals surface area contributed by atoms with Crippen molar-refractivity contribution in [3.05, 3.63) is 34.9 Å². The Balaban J connectivity index is 0.00000288. The third kappa shape index (κ3) is 4.99. The van der Waals surface area contributed by atoms with E-state index in [4.69, 9.17) is 0 Å². The fourth-order valence-corrected chi connectivity index (χ4v) is 4.42. The summed E-state index contributed by atoms with van der Waals surface area (Å²) in [5.41, 5.74) is 3.77. The van der Waals surface area contributed by atoms with Gasteiger partial charge in [0.15, 0.2) is 5.78 Å². The molecule has 0 N–H and O–H groups in total. The van der Waals surface area contributed by atoms with Crippen molar-refractivity contribution in [2.75, 3.05) is 19.6 Å². The standard InChI is InChI=1S/C21H34NO.Y/c1-5-11-20(22(6-2)14-8-7-9-15-22)21(23)16-19-17(3)12-10-13-18(19)4;/h10,12-13,20H,5-9,11,14-16H2,1-4H3;/q+1;. The van der Waals surface area contributed by atoms with Gasteiger partial charge in [0.2, 0.25) is 0 Å². The minimum atomic E-state index is 0. The SMILES string of the molecule is CCCC(C(=O)Cc1c(C)cccc1C)[N+]1(CC)CCCCC1.[Y]. The van der Waals surface area contributed by atoms with Crippen molar-refractivity contribution in [3.63, 3.8) is 0 Å². The van der Waals surface area contributed by atoms with E-state index in [0.717, 1.165) is 23.9 Å². The van der Waals surface area contributed by atoms with E-state index in [-0.39, 0.29) is 38.8 Å². The van der Waals surface area contributed by atoms with Crippen LogP contribution in [-0.4, -0.2) is 35.9 Å². The number of benzene rings is 1. The molecule has 0 spiro atoms. The number of rotatable bonds is 7. The van der Waals surface area contributed by atoms with Crippen molar-refractivity contribution in [2.24, 2.45) is 0 Å². The Morgan fingerprint density at radius 2 is 1.67 bits per heavy atom. The first kappa shape index (κ1) is 22.0. The minimum Gasteiger partial charge on any atom is -0.315 e. The summed E-state index contributed by atoms with van der Waals surface area (Å²) in [5, 5.41) is 0. The van der Waals surface area contributed by atoms with Gasteiger partial charge in [0, 0.05) is 45.6 Å². The molecule has 2 rings (SSSR count). The molecule has 1 aromatic rings. The summed E-state index contributed by atoms with van der Waals surface area (Å²) >= 11 is 0. The second-order valence-electron chi connectivity index (χ2n) is 7.36. The first-order valence-corrected chi connectivity index (χ1v) is 9.47. The number of Topliss-reactive ketones (excluding diaryl/α,β-unsaturated/α-hetero) is 1. The number of carbonyl (C=O) groups excluding carboxylic acids is 1.